The van der Waals surface area contributed by atoms with Gasteiger partial charge in [0.25, 0.3) is 0 Å². The Hall–Kier alpha value is -0.650. The number of nitrogens with zero attached hydrogens (tertiary/aromatic N) is 1. The number of aliphatic hydroxyl groups is 3. The second-order valence-corrected chi connectivity index (χ2v) is 3.35. The second-order valence-electron chi connectivity index (χ2n) is 3.35. The van der Waals surface area contributed by atoms with Gasteiger partial charge >= 0.3 is 0 Å². The van der Waals surface area contributed by atoms with Crippen molar-refractivity contribution in [3.05, 3.63) is 0 Å². The van der Waals surface area contributed by atoms with E-state index < -0.39 is 25.4 Å². The van der Waals surface area contributed by atoms with E-state index in [1.165, 1.54) is 4.90 Å². The smallest absolute Gasteiger partial charge is 0.223 e. The van der Waals surface area contributed by atoms with Crippen molar-refractivity contribution in [2.75, 3.05) is 26.4 Å². The lowest BCUT2D eigenvalue weighted by atomic mass is 10.0. The van der Waals surface area contributed by atoms with Crippen molar-refractivity contribution in [2.24, 2.45) is 0 Å². The molecule has 0 spiro atoms. The quantitative estimate of drug-likeness (QED) is 0.493. The third-order valence-electron chi connectivity index (χ3n) is 2.53. The fourth-order valence-corrected chi connectivity index (χ4v) is 1.56. The highest BCUT2D eigenvalue weighted by atomic mass is 16.3. The molecule has 1 fully saturated rings. The molecule has 13 heavy (non-hydrogen) atoms. The fraction of sp³-hybridized carbons (Fsp3) is 0.875. The summed E-state index contributed by atoms with van der Waals surface area (Å²) in [4.78, 5) is 12.7. The molecule has 1 heterocycles. The summed E-state index contributed by atoms with van der Waals surface area (Å²) in [6.07, 6.45) is 1.16. The Morgan fingerprint density at radius 3 is 2.08 bits per heavy atom. The molecule has 1 aliphatic heterocycles. The maximum absolute atomic E-state index is 11.3. The first kappa shape index (κ1) is 10.4. The molecule has 0 saturated carbocycles. The Balaban J connectivity index is 2.79. The number of aliphatic hydroxyl groups excluding tert-OH is 3. The van der Waals surface area contributed by atoms with Crippen LogP contribution in [-0.2, 0) is 4.79 Å². The van der Waals surface area contributed by atoms with Gasteiger partial charge in [0, 0.05) is 13.0 Å². The molecule has 5 heteroatoms. The van der Waals surface area contributed by atoms with Gasteiger partial charge in [-0.3, -0.25) is 4.79 Å². The van der Waals surface area contributed by atoms with E-state index in [0.29, 0.717) is 13.0 Å². The number of hydrogen-bond donors (Lipinski definition) is 3. The van der Waals surface area contributed by atoms with Crippen LogP contribution in [0.4, 0.5) is 0 Å². The van der Waals surface area contributed by atoms with Crippen molar-refractivity contribution in [1.29, 1.82) is 0 Å². The molecule has 1 saturated heterocycles. The first-order chi connectivity index (χ1) is 6.20. The van der Waals surface area contributed by atoms with E-state index in [4.69, 9.17) is 15.3 Å². The summed E-state index contributed by atoms with van der Waals surface area (Å²) in [5, 5.41) is 27.1. The third-order valence-corrected chi connectivity index (χ3v) is 2.53. The molecule has 3 N–H and O–H groups in total. The van der Waals surface area contributed by atoms with Crippen LogP contribution < -0.4 is 0 Å². The normalized spacial score (nSPS) is 18.4. The van der Waals surface area contributed by atoms with Gasteiger partial charge in [-0.05, 0) is 6.42 Å². The van der Waals surface area contributed by atoms with E-state index in [9.17, 15) is 4.79 Å². The van der Waals surface area contributed by atoms with Gasteiger partial charge in [0.2, 0.25) is 5.91 Å². The number of hydrogen-bond acceptors (Lipinski definition) is 4. The first-order valence-corrected chi connectivity index (χ1v) is 4.33. The van der Waals surface area contributed by atoms with Gasteiger partial charge in [-0.2, -0.15) is 0 Å². The predicted octanol–water partition coefficient (Wildman–Crippen LogP) is -1.68. The van der Waals surface area contributed by atoms with Crippen molar-refractivity contribution < 1.29 is 20.1 Å². The Morgan fingerprint density at radius 1 is 1.23 bits per heavy atom. The Labute approximate surface area is 76.6 Å². The molecule has 0 bridgehead atoms. The average molecular weight is 189 g/mol. The van der Waals surface area contributed by atoms with Gasteiger partial charge in [0.1, 0.15) is 5.54 Å². The second kappa shape index (κ2) is 4.04. The number of rotatable bonds is 4. The van der Waals surface area contributed by atoms with Crippen molar-refractivity contribution >= 4 is 5.91 Å². The average Bonchev–Trinajstić information content (AvgIpc) is 2.57. The van der Waals surface area contributed by atoms with Crippen molar-refractivity contribution in [3.63, 3.8) is 0 Å². The summed E-state index contributed by atoms with van der Waals surface area (Å²) in [5.41, 5.74) is -1.17. The lowest BCUT2D eigenvalue weighted by molar-refractivity contribution is -0.140. The summed E-state index contributed by atoms with van der Waals surface area (Å²) >= 11 is 0. The molecule has 0 aromatic carbocycles. The van der Waals surface area contributed by atoms with Gasteiger partial charge in [-0.15, -0.1) is 0 Å². The zero-order chi connectivity index (χ0) is 9.90. The summed E-state index contributed by atoms with van der Waals surface area (Å²) in [5.74, 6) is -0.114. The van der Waals surface area contributed by atoms with Gasteiger partial charge in [0.05, 0.1) is 19.8 Å². The molecule has 0 aromatic heterocycles. The standard InChI is InChI=1S/C8H15NO4/c10-4-8(5-11,6-12)9-3-1-2-7(9)13/h10-12H,1-6H2. The van der Waals surface area contributed by atoms with Crippen LogP contribution in [0.5, 0.6) is 0 Å². The van der Waals surface area contributed by atoms with Crippen LogP contribution in [0.2, 0.25) is 0 Å². The highest BCUT2D eigenvalue weighted by Crippen LogP contribution is 2.21. The molecule has 1 amide bonds. The molecule has 0 unspecified atom stereocenters. The van der Waals surface area contributed by atoms with E-state index in [0.717, 1.165) is 6.42 Å². The van der Waals surface area contributed by atoms with Gasteiger partial charge in [-0.25, -0.2) is 0 Å². The number of likely N-dealkylation sites (tertiary alicyclic amines) is 1. The van der Waals surface area contributed by atoms with E-state index in [1.807, 2.05) is 0 Å². The number of amides is 1. The molecule has 1 aliphatic rings. The van der Waals surface area contributed by atoms with E-state index in [-0.39, 0.29) is 5.91 Å². The fourth-order valence-electron chi connectivity index (χ4n) is 1.56. The van der Waals surface area contributed by atoms with Crippen LogP contribution in [0.3, 0.4) is 0 Å². The third kappa shape index (κ3) is 1.67. The molecular weight excluding hydrogens is 174 g/mol. The van der Waals surface area contributed by atoms with E-state index >= 15 is 0 Å². The SMILES string of the molecule is O=C1CCCN1C(CO)(CO)CO. The Morgan fingerprint density at radius 2 is 1.77 bits per heavy atom. The zero-order valence-electron chi connectivity index (χ0n) is 7.44. The maximum atomic E-state index is 11.3. The highest BCUT2D eigenvalue weighted by Gasteiger charge is 2.40. The van der Waals surface area contributed by atoms with Crippen LogP contribution in [-0.4, -0.2) is 58.0 Å². The van der Waals surface area contributed by atoms with Gasteiger partial charge in [0.15, 0.2) is 0 Å². The zero-order valence-corrected chi connectivity index (χ0v) is 7.44. The summed E-state index contributed by atoms with van der Waals surface area (Å²) in [6, 6.07) is 0. The van der Waals surface area contributed by atoms with E-state index in [1.54, 1.807) is 0 Å². The summed E-state index contributed by atoms with van der Waals surface area (Å²) in [6.45, 7) is -0.732. The Bertz CT molecular complexity index is 182. The molecule has 1 rings (SSSR count). The largest absolute Gasteiger partial charge is 0.394 e. The van der Waals surface area contributed by atoms with Gasteiger partial charge in [-0.1, -0.05) is 0 Å². The maximum Gasteiger partial charge on any atom is 0.223 e. The minimum Gasteiger partial charge on any atom is -0.394 e. The topological polar surface area (TPSA) is 81.0 Å². The molecule has 0 radical (unpaired) electrons. The van der Waals surface area contributed by atoms with Crippen LogP contribution >= 0.6 is 0 Å². The molecule has 0 atom stereocenters. The molecule has 0 aliphatic carbocycles. The molecule has 76 valence electrons. The van der Waals surface area contributed by atoms with Crippen molar-refractivity contribution in [3.8, 4) is 0 Å². The molecular formula is C8H15NO4. The Kier molecular flexibility index (Phi) is 3.24. The van der Waals surface area contributed by atoms with Crippen LogP contribution in [0.25, 0.3) is 0 Å². The van der Waals surface area contributed by atoms with Crippen LogP contribution in [0.1, 0.15) is 12.8 Å². The lowest BCUT2D eigenvalue weighted by Crippen LogP contribution is -2.57. The lowest BCUT2D eigenvalue weighted by Gasteiger charge is -2.37. The van der Waals surface area contributed by atoms with Crippen molar-refractivity contribution in [1.82, 2.24) is 4.90 Å². The van der Waals surface area contributed by atoms with Crippen LogP contribution in [0, 0.1) is 0 Å². The molecule has 0 aromatic rings. The molecule has 5 nitrogen and oxygen atoms in total. The summed E-state index contributed by atoms with van der Waals surface area (Å²) in [7, 11) is 0. The number of carbonyl (C=O) groups is 1. The first-order valence-electron chi connectivity index (χ1n) is 4.33. The predicted molar refractivity (Wildman–Crippen MR) is 44.9 cm³/mol. The van der Waals surface area contributed by atoms with Gasteiger partial charge < -0.3 is 20.2 Å². The minimum atomic E-state index is -1.17. The monoisotopic (exact) mass is 189 g/mol. The van der Waals surface area contributed by atoms with Crippen molar-refractivity contribution in [2.45, 2.75) is 18.4 Å². The van der Waals surface area contributed by atoms with E-state index in [2.05, 4.69) is 0 Å². The highest BCUT2D eigenvalue weighted by molar-refractivity contribution is 5.79. The number of carbonyl (C=O) groups excluding carboxylic acids is 1. The minimum absolute atomic E-state index is 0.114. The summed E-state index contributed by atoms with van der Waals surface area (Å²) < 4.78 is 0. The van der Waals surface area contributed by atoms with Crippen LogP contribution in [0.15, 0.2) is 0 Å².